The molecule has 0 amide bonds. The van der Waals surface area contributed by atoms with Gasteiger partial charge in [0.15, 0.2) is 11.5 Å². The van der Waals surface area contributed by atoms with E-state index in [0.29, 0.717) is 34.7 Å². The van der Waals surface area contributed by atoms with Crippen LogP contribution in [-0.2, 0) is 33.1 Å². The molecule has 0 saturated heterocycles. The molecule has 0 spiro atoms. The number of fused-ring (bicyclic) bond motifs is 2. The minimum Gasteiger partial charge on any atom is -0.505 e. The third-order valence-electron chi connectivity index (χ3n) is 8.82. The van der Waals surface area contributed by atoms with Gasteiger partial charge in [0, 0.05) is 21.9 Å². The summed E-state index contributed by atoms with van der Waals surface area (Å²) in [6.45, 7) is 3.83. The molecule has 254 valence electrons. The Morgan fingerprint density at radius 2 is 0.900 bits per heavy atom. The number of benzene rings is 6. The molecule has 0 unspecified atom stereocenters. The first-order chi connectivity index (χ1) is 23.8. The van der Waals surface area contributed by atoms with Gasteiger partial charge in [0.1, 0.15) is 21.2 Å². The number of hydrogen-bond donors (Lipinski definition) is 6. The van der Waals surface area contributed by atoms with E-state index < -0.39 is 52.9 Å². The van der Waals surface area contributed by atoms with Gasteiger partial charge >= 0.3 is 0 Å². The minimum atomic E-state index is -4.97. The molecule has 6 rings (SSSR count). The third kappa shape index (κ3) is 5.57. The fourth-order valence-electron chi connectivity index (χ4n) is 6.66. The van der Waals surface area contributed by atoms with Crippen LogP contribution in [0.2, 0.25) is 0 Å². The lowest BCUT2D eigenvalue weighted by molar-refractivity contribution is 0.472. The average molecular weight is 711 g/mol. The van der Waals surface area contributed by atoms with E-state index in [1.54, 1.807) is 84.9 Å². The van der Waals surface area contributed by atoms with Crippen LogP contribution in [0.3, 0.4) is 0 Å². The molecule has 0 aliphatic heterocycles. The highest BCUT2D eigenvalue weighted by atomic mass is 32.2. The van der Waals surface area contributed by atoms with Crippen molar-refractivity contribution in [3.05, 3.63) is 96.1 Å². The minimum absolute atomic E-state index is 0.0757. The van der Waals surface area contributed by atoms with Gasteiger partial charge in [0.05, 0.1) is 0 Å². The summed E-state index contributed by atoms with van der Waals surface area (Å²) in [7, 11) is -9.94. The van der Waals surface area contributed by atoms with Crippen LogP contribution in [0.1, 0.15) is 25.0 Å². The molecule has 0 atom stereocenters. The van der Waals surface area contributed by atoms with Gasteiger partial charge in [-0.05, 0) is 57.0 Å². The first-order valence-corrected chi connectivity index (χ1v) is 18.2. The van der Waals surface area contributed by atoms with E-state index in [1.807, 2.05) is 13.8 Å². The molecular formula is C36H30N4O8S2. The molecule has 0 radical (unpaired) electrons. The summed E-state index contributed by atoms with van der Waals surface area (Å²) < 4.78 is 71.5. The van der Waals surface area contributed by atoms with Gasteiger partial charge < -0.3 is 10.2 Å². The van der Waals surface area contributed by atoms with E-state index in [1.165, 1.54) is 0 Å². The van der Waals surface area contributed by atoms with E-state index in [-0.39, 0.29) is 21.9 Å². The Morgan fingerprint density at radius 1 is 0.560 bits per heavy atom. The van der Waals surface area contributed by atoms with Crippen LogP contribution in [0.25, 0.3) is 54.9 Å². The number of rotatable bonds is 9. The van der Waals surface area contributed by atoms with Gasteiger partial charge in [-0.3, -0.25) is 9.11 Å². The van der Waals surface area contributed by atoms with Gasteiger partial charge in [-0.15, -0.1) is 0 Å². The van der Waals surface area contributed by atoms with Gasteiger partial charge in [-0.1, -0.05) is 98.8 Å². The Morgan fingerprint density at radius 3 is 1.20 bits per heavy atom. The summed E-state index contributed by atoms with van der Waals surface area (Å²) in [4.78, 5) is -1.38. The standard InChI is InChI=1S/C36H30N4O8S2/c1-3-19-17-21(29-25-9-5-7-11-27(25)33(41)31(39-37)35(29)49(43,44)45)13-15-23(19)24-16-14-22(18-20(24)4-2)30-26-10-6-8-12-28(26)34(42)32(40-38)36(30)50(46,47)48/h5-18,37-38,41-42H,3-4H2,1-2H3,(H,43,44,45)(H,46,47,48). The first-order valence-electron chi connectivity index (χ1n) is 15.3. The molecule has 6 aromatic carbocycles. The molecule has 12 nitrogen and oxygen atoms in total. The van der Waals surface area contributed by atoms with E-state index >= 15 is 0 Å². The number of aryl methyl sites for hydroxylation is 2. The highest BCUT2D eigenvalue weighted by molar-refractivity contribution is 7.86. The SMILES string of the molecule is CCc1cc(-c2c(S(=O)(=O)O)c(N=N)c(O)c3ccccc23)ccc1-c1ccc(-c2c(S(=O)(=O)O)c(N=N)c(O)c3ccccc23)cc1CC. The van der Waals surface area contributed by atoms with Crippen LogP contribution in [0.4, 0.5) is 11.4 Å². The molecule has 6 N–H and O–H groups in total. The molecule has 0 saturated carbocycles. The second-order valence-electron chi connectivity index (χ2n) is 11.5. The molecule has 50 heavy (non-hydrogen) atoms. The van der Waals surface area contributed by atoms with Crippen molar-refractivity contribution in [2.24, 2.45) is 10.2 Å². The molecular weight excluding hydrogens is 681 g/mol. The van der Waals surface area contributed by atoms with Crippen molar-refractivity contribution in [2.45, 2.75) is 36.5 Å². The Balaban J connectivity index is 1.60. The summed E-state index contributed by atoms with van der Waals surface area (Å²) in [5.41, 5.74) is 18.2. The summed E-state index contributed by atoms with van der Waals surface area (Å²) in [5.74, 6) is -1.09. The average Bonchev–Trinajstić information content (AvgIpc) is 3.10. The predicted octanol–water partition coefficient (Wildman–Crippen LogP) is 9.35. The van der Waals surface area contributed by atoms with Gasteiger partial charge in [-0.2, -0.15) is 27.1 Å². The zero-order chi connectivity index (χ0) is 36.1. The molecule has 6 aromatic rings. The Kier molecular flexibility index (Phi) is 8.74. The van der Waals surface area contributed by atoms with Crippen LogP contribution in [-0.4, -0.2) is 36.2 Å². The fourth-order valence-corrected chi connectivity index (χ4v) is 8.40. The van der Waals surface area contributed by atoms with Crippen LogP contribution in [0.15, 0.2) is 105 Å². The molecule has 0 aliphatic rings. The largest absolute Gasteiger partial charge is 0.505 e. The van der Waals surface area contributed by atoms with Crippen molar-refractivity contribution in [3.63, 3.8) is 0 Å². The maximum absolute atomic E-state index is 12.7. The third-order valence-corrected chi connectivity index (χ3v) is 10.6. The van der Waals surface area contributed by atoms with E-state index in [0.717, 1.165) is 22.3 Å². The van der Waals surface area contributed by atoms with Crippen molar-refractivity contribution in [1.82, 2.24) is 0 Å². The second-order valence-corrected chi connectivity index (χ2v) is 14.2. The van der Waals surface area contributed by atoms with Crippen molar-refractivity contribution < 1.29 is 36.2 Å². The molecule has 14 heteroatoms. The molecule has 0 aliphatic carbocycles. The predicted molar refractivity (Wildman–Crippen MR) is 189 cm³/mol. The molecule has 0 fully saturated rings. The zero-order valence-electron chi connectivity index (χ0n) is 26.6. The lowest BCUT2D eigenvalue weighted by atomic mass is 9.87. The highest BCUT2D eigenvalue weighted by Gasteiger charge is 2.30. The number of hydrogen-bond acceptors (Lipinski definition) is 10. The normalized spacial score (nSPS) is 12.0. The summed E-state index contributed by atoms with van der Waals surface area (Å²) >= 11 is 0. The van der Waals surface area contributed by atoms with Crippen molar-refractivity contribution in [1.29, 1.82) is 11.1 Å². The van der Waals surface area contributed by atoms with Crippen LogP contribution in [0.5, 0.6) is 11.5 Å². The zero-order valence-corrected chi connectivity index (χ0v) is 28.3. The van der Waals surface area contributed by atoms with Crippen LogP contribution >= 0.6 is 0 Å². The molecule has 0 aromatic heterocycles. The van der Waals surface area contributed by atoms with E-state index in [4.69, 9.17) is 11.1 Å². The topological polar surface area (TPSA) is 222 Å². The van der Waals surface area contributed by atoms with Gasteiger partial charge in [0.25, 0.3) is 20.2 Å². The van der Waals surface area contributed by atoms with Crippen molar-refractivity contribution >= 4 is 53.2 Å². The van der Waals surface area contributed by atoms with Crippen LogP contribution < -0.4 is 0 Å². The Bertz CT molecular complexity index is 2460. The first kappa shape index (κ1) is 34.3. The van der Waals surface area contributed by atoms with Crippen molar-refractivity contribution in [2.75, 3.05) is 0 Å². The van der Waals surface area contributed by atoms with E-state index in [2.05, 4.69) is 10.2 Å². The molecule has 0 heterocycles. The number of aromatic hydroxyl groups is 2. The fraction of sp³-hybridized carbons (Fsp3) is 0.111. The lowest BCUT2D eigenvalue weighted by Crippen LogP contribution is -2.04. The summed E-state index contributed by atoms with van der Waals surface area (Å²) in [5, 5.41) is 29.3. The molecule has 0 bridgehead atoms. The monoisotopic (exact) mass is 710 g/mol. The number of phenolic OH excluding ortho intramolecular Hbond substituents is 2. The lowest BCUT2D eigenvalue weighted by Gasteiger charge is -2.20. The van der Waals surface area contributed by atoms with Gasteiger partial charge in [0.2, 0.25) is 0 Å². The quantitative estimate of drug-likeness (QED) is 0.0625. The number of phenols is 2. The maximum atomic E-state index is 12.7. The van der Waals surface area contributed by atoms with Gasteiger partial charge in [-0.25, -0.2) is 11.1 Å². The Hall–Kier alpha value is -5.54. The van der Waals surface area contributed by atoms with Crippen molar-refractivity contribution in [3.8, 4) is 44.9 Å². The smallest absolute Gasteiger partial charge is 0.297 e. The highest BCUT2D eigenvalue weighted by Crippen LogP contribution is 2.50. The van der Waals surface area contributed by atoms with Crippen LogP contribution in [0, 0.1) is 11.1 Å². The second kappa shape index (κ2) is 12.7. The Labute approximate surface area is 287 Å². The van der Waals surface area contributed by atoms with E-state index in [9.17, 15) is 36.2 Å². The number of nitrogens with one attached hydrogen (secondary N) is 2. The number of nitrogens with zero attached hydrogens (tertiary/aromatic N) is 2. The summed E-state index contributed by atoms with van der Waals surface area (Å²) in [6.07, 6.45) is 0.982. The maximum Gasteiger partial charge on any atom is 0.297 e. The summed E-state index contributed by atoms with van der Waals surface area (Å²) in [6, 6.07) is 23.4.